The minimum Gasteiger partial charge on any atom is -0.493 e. The molecule has 134 valence electrons. The molecule has 0 saturated heterocycles. The van der Waals surface area contributed by atoms with Crippen LogP contribution in [0.5, 0.6) is 11.5 Å². The lowest BCUT2D eigenvalue weighted by Gasteiger charge is -2.18. The van der Waals surface area contributed by atoms with E-state index in [4.69, 9.17) is 21.1 Å². The zero-order chi connectivity index (χ0) is 18.2. The third-order valence-electron chi connectivity index (χ3n) is 4.18. The summed E-state index contributed by atoms with van der Waals surface area (Å²) in [6.45, 7) is 0.650. The van der Waals surface area contributed by atoms with Crippen LogP contribution in [0, 0.1) is 0 Å². The van der Waals surface area contributed by atoms with Crippen molar-refractivity contribution in [3.05, 3.63) is 58.6 Å². The first kappa shape index (κ1) is 19.1. The van der Waals surface area contributed by atoms with Crippen molar-refractivity contribution < 1.29 is 14.3 Å². The fraction of sp³-hybridized carbons (Fsp3) is 0.350. The predicted molar refractivity (Wildman–Crippen MR) is 101 cm³/mol. The Hall–Kier alpha value is -2.20. The van der Waals surface area contributed by atoms with Gasteiger partial charge in [-0.15, -0.1) is 0 Å². The van der Waals surface area contributed by atoms with Crippen molar-refractivity contribution in [3.8, 4) is 11.5 Å². The molecule has 2 aromatic carbocycles. The lowest BCUT2D eigenvalue weighted by atomic mass is 10.1. The molecule has 0 radical (unpaired) electrons. The zero-order valence-electron chi connectivity index (χ0n) is 14.9. The van der Waals surface area contributed by atoms with Gasteiger partial charge in [0.2, 0.25) is 5.91 Å². The van der Waals surface area contributed by atoms with Gasteiger partial charge in [-0.2, -0.15) is 0 Å². The van der Waals surface area contributed by atoms with Gasteiger partial charge in [0.15, 0.2) is 11.5 Å². The van der Waals surface area contributed by atoms with E-state index < -0.39 is 0 Å². The lowest BCUT2D eigenvalue weighted by Crippen LogP contribution is -2.29. The van der Waals surface area contributed by atoms with E-state index >= 15 is 0 Å². The first-order chi connectivity index (χ1) is 12.0. The number of halogens is 1. The molecule has 0 aliphatic carbocycles. The SMILES string of the molecule is COc1ccc(CCN(C)C(=O)CCc2ccccc2Cl)cc1OC. The Morgan fingerprint density at radius 3 is 2.44 bits per heavy atom. The normalized spacial score (nSPS) is 10.4. The molecule has 5 heteroatoms. The van der Waals surface area contributed by atoms with Gasteiger partial charge in [-0.3, -0.25) is 4.79 Å². The van der Waals surface area contributed by atoms with E-state index in [0.717, 1.165) is 17.5 Å². The number of hydrogen-bond acceptors (Lipinski definition) is 3. The van der Waals surface area contributed by atoms with Crippen LogP contribution in [0.25, 0.3) is 0 Å². The van der Waals surface area contributed by atoms with Gasteiger partial charge < -0.3 is 14.4 Å². The van der Waals surface area contributed by atoms with Crippen molar-refractivity contribution in [2.24, 2.45) is 0 Å². The Kier molecular flexibility index (Phi) is 7.14. The molecule has 0 N–H and O–H groups in total. The molecule has 0 bridgehead atoms. The van der Waals surface area contributed by atoms with Crippen molar-refractivity contribution in [2.45, 2.75) is 19.3 Å². The molecule has 4 nitrogen and oxygen atoms in total. The standard InChI is InChI=1S/C20H24ClNO3/c1-22(20(23)11-9-16-6-4-5-7-17(16)21)13-12-15-8-10-18(24-2)19(14-15)25-3/h4-8,10,14H,9,11-13H2,1-3H3. The summed E-state index contributed by atoms with van der Waals surface area (Å²) in [5.41, 5.74) is 2.11. The van der Waals surface area contributed by atoms with Crippen LogP contribution in [-0.4, -0.2) is 38.6 Å². The lowest BCUT2D eigenvalue weighted by molar-refractivity contribution is -0.129. The van der Waals surface area contributed by atoms with Crippen LogP contribution in [0.1, 0.15) is 17.5 Å². The van der Waals surface area contributed by atoms with Crippen molar-refractivity contribution in [3.63, 3.8) is 0 Å². The quantitative estimate of drug-likeness (QED) is 0.713. The molecule has 2 aromatic rings. The minimum absolute atomic E-state index is 0.111. The first-order valence-corrected chi connectivity index (χ1v) is 8.61. The van der Waals surface area contributed by atoms with Gasteiger partial charge in [-0.05, 0) is 42.2 Å². The second kappa shape index (κ2) is 9.33. The summed E-state index contributed by atoms with van der Waals surface area (Å²) in [5, 5.41) is 0.711. The number of hydrogen-bond donors (Lipinski definition) is 0. The number of carbonyl (C=O) groups excluding carboxylic acids is 1. The van der Waals surface area contributed by atoms with Gasteiger partial charge >= 0.3 is 0 Å². The average molecular weight is 362 g/mol. The summed E-state index contributed by atoms with van der Waals surface area (Å²) in [5.74, 6) is 1.52. The number of likely N-dealkylation sites (N-methyl/N-ethyl adjacent to an activating group) is 1. The highest BCUT2D eigenvalue weighted by atomic mass is 35.5. The summed E-state index contributed by atoms with van der Waals surface area (Å²) >= 11 is 6.13. The highest BCUT2D eigenvalue weighted by Crippen LogP contribution is 2.27. The van der Waals surface area contributed by atoms with Crippen LogP contribution >= 0.6 is 11.6 Å². The van der Waals surface area contributed by atoms with Gasteiger partial charge in [0, 0.05) is 25.0 Å². The van der Waals surface area contributed by atoms with Gasteiger partial charge in [-0.1, -0.05) is 35.9 Å². The Balaban J connectivity index is 1.86. The molecule has 25 heavy (non-hydrogen) atoms. The summed E-state index contributed by atoms with van der Waals surface area (Å²) in [7, 11) is 5.06. The molecule has 0 aromatic heterocycles. The molecular formula is C20H24ClNO3. The molecule has 0 aliphatic heterocycles. The van der Waals surface area contributed by atoms with E-state index in [-0.39, 0.29) is 5.91 Å². The number of carbonyl (C=O) groups is 1. The van der Waals surface area contributed by atoms with E-state index in [1.165, 1.54) is 0 Å². The van der Waals surface area contributed by atoms with Gasteiger partial charge in [0.1, 0.15) is 0 Å². The topological polar surface area (TPSA) is 38.8 Å². The summed E-state index contributed by atoms with van der Waals surface area (Å²) in [6, 6.07) is 13.5. The maximum atomic E-state index is 12.3. The number of amides is 1. The summed E-state index contributed by atoms with van der Waals surface area (Å²) in [6.07, 6.45) is 1.86. The monoisotopic (exact) mass is 361 g/mol. The van der Waals surface area contributed by atoms with Crippen LogP contribution in [-0.2, 0) is 17.6 Å². The molecule has 2 rings (SSSR count). The third-order valence-corrected chi connectivity index (χ3v) is 4.54. The summed E-state index contributed by atoms with van der Waals surface area (Å²) in [4.78, 5) is 14.1. The molecule has 0 saturated carbocycles. The van der Waals surface area contributed by atoms with E-state index in [0.29, 0.717) is 35.9 Å². The van der Waals surface area contributed by atoms with E-state index in [9.17, 15) is 4.79 Å². The molecule has 0 heterocycles. The minimum atomic E-state index is 0.111. The maximum absolute atomic E-state index is 12.3. The molecule has 0 aliphatic rings. The Morgan fingerprint density at radius 2 is 1.76 bits per heavy atom. The van der Waals surface area contributed by atoms with Crippen LogP contribution < -0.4 is 9.47 Å². The molecular weight excluding hydrogens is 338 g/mol. The number of methoxy groups -OCH3 is 2. The van der Waals surface area contributed by atoms with E-state index in [1.54, 1.807) is 19.1 Å². The molecule has 0 spiro atoms. The molecule has 0 unspecified atom stereocenters. The Bertz CT molecular complexity index is 718. The Morgan fingerprint density at radius 1 is 1.04 bits per heavy atom. The number of benzene rings is 2. The van der Waals surface area contributed by atoms with Crippen molar-refractivity contribution in [1.29, 1.82) is 0 Å². The first-order valence-electron chi connectivity index (χ1n) is 8.23. The smallest absolute Gasteiger partial charge is 0.222 e. The second-order valence-electron chi connectivity index (χ2n) is 5.85. The van der Waals surface area contributed by atoms with E-state index in [1.807, 2.05) is 49.5 Å². The molecule has 0 atom stereocenters. The van der Waals surface area contributed by atoms with Gasteiger partial charge in [0.05, 0.1) is 14.2 Å². The van der Waals surface area contributed by atoms with Crippen molar-refractivity contribution in [1.82, 2.24) is 4.90 Å². The number of ether oxygens (including phenoxy) is 2. The number of aryl methyl sites for hydroxylation is 1. The van der Waals surface area contributed by atoms with Crippen LogP contribution in [0.4, 0.5) is 0 Å². The predicted octanol–water partition coefficient (Wildman–Crippen LogP) is 3.99. The van der Waals surface area contributed by atoms with Crippen LogP contribution in [0.2, 0.25) is 5.02 Å². The van der Waals surface area contributed by atoms with Crippen molar-refractivity contribution in [2.75, 3.05) is 27.8 Å². The molecule has 0 fully saturated rings. The maximum Gasteiger partial charge on any atom is 0.222 e. The molecule has 1 amide bonds. The largest absolute Gasteiger partial charge is 0.493 e. The Labute approximate surface area is 154 Å². The second-order valence-corrected chi connectivity index (χ2v) is 6.25. The number of rotatable bonds is 8. The zero-order valence-corrected chi connectivity index (χ0v) is 15.7. The van der Waals surface area contributed by atoms with Crippen LogP contribution in [0.3, 0.4) is 0 Å². The average Bonchev–Trinajstić information content (AvgIpc) is 2.64. The highest BCUT2D eigenvalue weighted by molar-refractivity contribution is 6.31. The highest BCUT2D eigenvalue weighted by Gasteiger charge is 2.11. The van der Waals surface area contributed by atoms with Crippen molar-refractivity contribution >= 4 is 17.5 Å². The van der Waals surface area contributed by atoms with Gasteiger partial charge in [0.25, 0.3) is 0 Å². The summed E-state index contributed by atoms with van der Waals surface area (Å²) < 4.78 is 10.6. The fourth-order valence-electron chi connectivity index (χ4n) is 2.59. The van der Waals surface area contributed by atoms with Gasteiger partial charge in [-0.25, -0.2) is 0 Å². The number of nitrogens with zero attached hydrogens (tertiary/aromatic N) is 1. The third kappa shape index (κ3) is 5.40. The fourth-order valence-corrected chi connectivity index (χ4v) is 2.82. The van der Waals surface area contributed by atoms with E-state index in [2.05, 4.69) is 0 Å². The van der Waals surface area contributed by atoms with Crippen LogP contribution in [0.15, 0.2) is 42.5 Å².